The molecule has 0 N–H and O–H groups in total. The minimum atomic E-state index is -0.101. The zero-order valence-electron chi connectivity index (χ0n) is 18.5. The molecular formula is C25H38NO2+. The van der Waals surface area contributed by atoms with E-state index >= 15 is 0 Å². The second-order valence-corrected chi connectivity index (χ2v) is 8.94. The summed E-state index contributed by atoms with van der Waals surface area (Å²) in [7, 11) is 4.39. The van der Waals surface area contributed by atoms with Gasteiger partial charge in [-0.3, -0.25) is 0 Å². The minimum absolute atomic E-state index is 0.101. The lowest BCUT2D eigenvalue weighted by Gasteiger charge is -2.48. The number of benzene rings is 2. The summed E-state index contributed by atoms with van der Waals surface area (Å²) in [6.07, 6.45) is 2.14. The van der Waals surface area contributed by atoms with Crippen molar-refractivity contribution in [2.75, 3.05) is 27.3 Å². The monoisotopic (exact) mass is 384 g/mol. The predicted octanol–water partition coefficient (Wildman–Crippen LogP) is 6.06. The van der Waals surface area contributed by atoms with Crippen LogP contribution in [0.2, 0.25) is 0 Å². The van der Waals surface area contributed by atoms with E-state index in [0.717, 1.165) is 18.6 Å². The number of rotatable bonds is 11. The van der Waals surface area contributed by atoms with Crippen molar-refractivity contribution in [2.45, 2.75) is 46.1 Å². The smallest absolute Gasteiger partial charge is 0.154 e. The van der Waals surface area contributed by atoms with Crippen molar-refractivity contribution in [3.63, 3.8) is 0 Å². The predicted molar refractivity (Wildman–Crippen MR) is 117 cm³/mol. The van der Waals surface area contributed by atoms with Crippen LogP contribution in [0.4, 0.5) is 0 Å². The van der Waals surface area contributed by atoms with Crippen LogP contribution in [0.15, 0.2) is 60.7 Å². The third-order valence-electron chi connectivity index (χ3n) is 5.34. The molecular weight excluding hydrogens is 346 g/mol. The molecule has 28 heavy (non-hydrogen) atoms. The molecule has 0 heterocycles. The van der Waals surface area contributed by atoms with Crippen LogP contribution in [-0.2, 0) is 10.4 Å². The Labute approximate surface area is 171 Å². The van der Waals surface area contributed by atoms with Gasteiger partial charge in [0.05, 0.1) is 14.1 Å². The van der Waals surface area contributed by atoms with Gasteiger partial charge in [-0.1, -0.05) is 76.2 Å². The third-order valence-corrected chi connectivity index (χ3v) is 5.34. The van der Waals surface area contributed by atoms with E-state index in [9.17, 15) is 0 Å². The SMILES string of the molecule is CC(C)CC(CC(C)C)(c1ccccc1)[N+](C)(C)OCCOc1ccccc1. The van der Waals surface area contributed by atoms with Gasteiger partial charge in [-0.25, -0.2) is 0 Å². The highest BCUT2D eigenvalue weighted by atomic mass is 16.7. The van der Waals surface area contributed by atoms with Crippen molar-refractivity contribution in [1.29, 1.82) is 0 Å². The van der Waals surface area contributed by atoms with E-state index in [1.54, 1.807) is 0 Å². The van der Waals surface area contributed by atoms with E-state index in [1.165, 1.54) is 5.56 Å². The maximum atomic E-state index is 6.49. The molecule has 3 heteroatoms. The Bertz CT molecular complexity index is 670. The molecule has 0 spiro atoms. The van der Waals surface area contributed by atoms with Crippen LogP contribution in [0, 0.1) is 11.8 Å². The fraction of sp³-hybridized carbons (Fsp3) is 0.520. The molecule has 0 aliphatic rings. The Hall–Kier alpha value is -1.84. The average Bonchev–Trinajstić information content (AvgIpc) is 2.65. The van der Waals surface area contributed by atoms with Crippen LogP contribution >= 0.6 is 0 Å². The molecule has 0 aliphatic carbocycles. The molecule has 0 aromatic heterocycles. The second kappa shape index (κ2) is 10.1. The number of hydroxylamine groups is 3. The molecule has 3 nitrogen and oxygen atoms in total. The van der Waals surface area contributed by atoms with Crippen molar-refractivity contribution in [1.82, 2.24) is 0 Å². The molecule has 2 rings (SSSR count). The van der Waals surface area contributed by atoms with Gasteiger partial charge in [0.2, 0.25) is 0 Å². The zero-order chi connectivity index (χ0) is 20.6. The van der Waals surface area contributed by atoms with Crippen LogP contribution in [-0.4, -0.2) is 32.0 Å². The lowest BCUT2D eigenvalue weighted by atomic mass is 9.75. The molecule has 0 amide bonds. The first-order valence-corrected chi connectivity index (χ1v) is 10.5. The Balaban J connectivity index is 2.21. The molecule has 0 saturated heterocycles. The Morgan fingerprint density at radius 2 is 1.25 bits per heavy atom. The van der Waals surface area contributed by atoms with Gasteiger partial charge in [-0.05, 0) is 24.0 Å². The Kier molecular flexibility index (Phi) is 8.09. The van der Waals surface area contributed by atoms with Gasteiger partial charge in [-0.2, -0.15) is 9.48 Å². The van der Waals surface area contributed by atoms with E-state index in [4.69, 9.17) is 9.57 Å². The maximum Gasteiger partial charge on any atom is 0.154 e. The molecule has 0 aliphatic heterocycles. The standard InChI is InChI=1S/C25H38NO2/c1-21(2)19-25(20-22(3)4,23-13-9-7-10-14-23)26(5,6)28-18-17-27-24-15-11-8-12-16-24/h7-16,21-22H,17-20H2,1-6H3/q+1. The molecule has 0 radical (unpaired) electrons. The first-order chi connectivity index (χ1) is 13.3. The molecule has 0 atom stereocenters. The fourth-order valence-electron chi connectivity index (χ4n) is 4.23. The quantitative estimate of drug-likeness (QED) is 0.266. The number of ether oxygens (including phenoxy) is 1. The molecule has 2 aromatic rings. The van der Waals surface area contributed by atoms with E-state index < -0.39 is 0 Å². The van der Waals surface area contributed by atoms with Crippen LogP contribution in [0.3, 0.4) is 0 Å². The van der Waals surface area contributed by atoms with Crippen molar-refractivity contribution in [3.05, 3.63) is 66.2 Å². The van der Waals surface area contributed by atoms with Gasteiger partial charge in [0.15, 0.2) is 5.54 Å². The third kappa shape index (κ3) is 5.83. The molecule has 0 bridgehead atoms. The lowest BCUT2D eigenvalue weighted by molar-refractivity contribution is -1.12. The molecule has 154 valence electrons. The minimum Gasteiger partial charge on any atom is -0.491 e. The van der Waals surface area contributed by atoms with Crippen LogP contribution in [0.25, 0.3) is 0 Å². The highest BCUT2D eigenvalue weighted by Gasteiger charge is 2.49. The van der Waals surface area contributed by atoms with Crippen LogP contribution < -0.4 is 4.74 Å². The van der Waals surface area contributed by atoms with Gasteiger partial charge < -0.3 is 4.74 Å². The van der Waals surface area contributed by atoms with E-state index in [-0.39, 0.29) is 5.54 Å². The average molecular weight is 385 g/mol. The first-order valence-electron chi connectivity index (χ1n) is 10.5. The normalized spacial score (nSPS) is 12.6. The number of quaternary nitrogens is 1. The number of para-hydroxylation sites is 1. The van der Waals surface area contributed by atoms with E-state index in [0.29, 0.717) is 29.7 Å². The van der Waals surface area contributed by atoms with Crippen molar-refractivity contribution in [3.8, 4) is 5.75 Å². The highest BCUT2D eigenvalue weighted by Crippen LogP contribution is 2.44. The number of hydrogen-bond donors (Lipinski definition) is 0. The summed E-state index contributed by atoms with van der Waals surface area (Å²) in [6, 6.07) is 20.8. The van der Waals surface area contributed by atoms with E-state index in [2.05, 4.69) is 72.1 Å². The Morgan fingerprint density at radius 3 is 1.75 bits per heavy atom. The van der Waals surface area contributed by atoms with Crippen LogP contribution in [0.1, 0.15) is 46.1 Å². The fourth-order valence-corrected chi connectivity index (χ4v) is 4.23. The summed E-state index contributed by atoms with van der Waals surface area (Å²) in [5.74, 6) is 2.02. The largest absolute Gasteiger partial charge is 0.491 e. The summed E-state index contributed by atoms with van der Waals surface area (Å²) >= 11 is 0. The van der Waals surface area contributed by atoms with Crippen molar-refractivity contribution < 1.29 is 14.2 Å². The summed E-state index contributed by atoms with van der Waals surface area (Å²) < 4.78 is 6.34. The van der Waals surface area contributed by atoms with Crippen molar-refractivity contribution >= 4 is 0 Å². The molecule has 0 fully saturated rings. The van der Waals surface area contributed by atoms with Gasteiger partial charge in [0, 0.05) is 18.4 Å². The summed E-state index contributed by atoms with van der Waals surface area (Å²) in [5.41, 5.74) is 1.25. The summed E-state index contributed by atoms with van der Waals surface area (Å²) in [4.78, 5) is 6.49. The van der Waals surface area contributed by atoms with E-state index in [1.807, 2.05) is 30.3 Å². The van der Waals surface area contributed by atoms with Gasteiger partial charge in [-0.15, -0.1) is 0 Å². The van der Waals surface area contributed by atoms with Gasteiger partial charge in [0.1, 0.15) is 19.0 Å². The van der Waals surface area contributed by atoms with Gasteiger partial charge in [0.25, 0.3) is 0 Å². The maximum absolute atomic E-state index is 6.49. The van der Waals surface area contributed by atoms with Crippen LogP contribution in [0.5, 0.6) is 5.75 Å². The molecule has 0 saturated carbocycles. The number of hydrogen-bond acceptors (Lipinski definition) is 2. The van der Waals surface area contributed by atoms with Crippen molar-refractivity contribution in [2.24, 2.45) is 11.8 Å². The summed E-state index contributed by atoms with van der Waals surface area (Å²) in [6.45, 7) is 10.3. The lowest BCUT2D eigenvalue weighted by Crippen LogP contribution is -2.58. The Morgan fingerprint density at radius 1 is 0.750 bits per heavy atom. The highest BCUT2D eigenvalue weighted by molar-refractivity contribution is 5.23. The second-order valence-electron chi connectivity index (χ2n) is 8.94. The summed E-state index contributed by atoms with van der Waals surface area (Å²) in [5, 5.41) is 0. The number of nitrogens with zero attached hydrogens (tertiary/aromatic N) is 1. The topological polar surface area (TPSA) is 18.5 Å². The zero-order valence-corrected chi connectivity index (χ0v) is 18.5. The molecule has 0 unspecified atom stereocenters. The molecule has 2 aromatic carbocycles. The van der Waals surface area contributed by atoms with Gasteiger partial charge >= 0.3 is 0 Å². The first kappa shape index (κ1) is 22.4.